The second-order valence-electron chi connectivity index (χ2n) is 5.75. The summed E-state index contributed by atoms with van der Waals surface area (Å²) in [6.07, 6.45) is 0.834. The number of halogens is 2. The van der Waals surface area contributed by atoms with Crippen molar-refractivity contribution >= 4 is 11.6 Å². The summed E-state index contributed by atoms with van der Waals surface area (Å²) < 4.78 is 40.9. The van der Waals surface area contributed by atoms with Crippen LogP contribution >= 0.6 is 0 Å². The van der Waals surface area contributed by atoms with Gasteiger partial charge in [0.25, 0.3) is 0 Å². The van der Waals surface area contributed by atoms with Crippen LogP contribution in [0.25, 0.3) is 0 Å². The lowest BCUT2D eigenvalue weighted by atomic mass is 10.2. The minimum absolute atomic E-state index is 0.131. The zero-order chi connectivity index (χ0) is 19.1. The van der Waals surface area contributed by atoms with Crippen molar-refractivity contribution in [3.8, 4) is 17.2 Å². The number of guanidine groups is 1. The summed E-state index contributed by atoms with van der Waals surface area (Å²) in [4.78, 5) is 4.15. The number of para-hydroxylation sites is 1. The molecule has 2 aromatic carbocycles. The predicted octanol–water partition coefficient (Wildman–Crippen LogP) is 3.64. The number of nitrogens with zero attached hydrogens (tertiary/aromatic N) is 1. The highest BCUT2D eigenvalue weighted by atomic mass is 19.3. The maximum absolute atomic E-state index is 12.5. The molecule has 0 saturated carbocycles. The van der Waals surface area contributed by atoms with Gasteiger partial charge in [0, 0.05) is 37.3 Å². The first kappa shape index (κ1) is 18.8. The zero-order valence-corrected chi connectivity index (χ0v) is 14.9. The van der Waals surface area contributed by atoms with Crippen LogP contribution in [0.1, 0.15) is 12.0 Å². The van der Waals surface area contributed by atoms with E-state index in [0.717, 1.165) is 12.1 Å². The fourth-order valence-corrected chi connectivity index (χ4v) is 2.60. The van der Waals surface area contributed by atoms with Gasteiger partial charge in [0.15, 0.2) is 17.5 Å². The van der Waals surface area contributed by atoms with Crippen molar-refractivity contribution in [3.05, 3.63) is 48.0 Å². The van der Waals surface area contributed by atoms with Gasteiger partial charge < -0.3 is 24.8 Å². The lowest BCUT2D eigenvalue weighted by Crippen LogP contribution is -2.30. The van der Waals surface area contributed by atoms with Crippen LogP contribution in [-0.4, -0.2) is 32.8 Å². The molecule has 0 aromatic heterocycles. The number of alkyl halides is 2. The van der Waals surface area contributed by atoms with Crippen LogP contribution in [0.15, 0.2) is 47.5 Å². The van der Waals surface area contributed by atoms with E-state index in [1.807, 2.05) is 18.2 Å². The molecule has 0 bridgehead atoms. The van der Waals surface area contributed by atoms with Crippen molar-refractivity contribution in [2.45, 2.75) is 19.6 Å². The number of hydrogen-bond donors (Lipinski definition) is 2. The molecule has 0 aliphatic carbocycles. The summed E-state index contributed by atoms with van der Waals surface area (Å²) in [6, 6.07) is 12.1. The smallest absolute Gasteiger partial charge is 0.387 e. The molecule has 1 aliphatic rings. The first-order valence-electron chi connectivity index (χ1n) is 8.56. The third-order valence-corrected chi connectivity index (χ3v) is 3.87. The molecule has 144 valence electrons. The highest BCUT2D eigenvalue weighted by Gasteiger charge is 2.12. The van der Waals surface area contributed by atoms with Gasteiger partial charge in [-0.2, -0.15) is 8.78 Å². The molecular weight excluding hydrogens is 356 g/mol. The molecule has 0 fully saturated rings. The summed E-state index contributed by atoms with van der Waals surface area (Å²) in [5.41, 5.74) is 1.36. The second kappa shape index (κ2) is 9.07. The van der Waals surface area contributed by atoms with Crippen LogP contribution in [0.4, 0.5) is 14.5 Å². The van der Waals surface area contributed by atoms with E-state index in [1.165, 1.54) is 6.07 Å². The van der Waals surface area contributed by atoms with Crippen molar-refractivity contribution < 1.29 is 23.0 Å². The molecule has 0 amide bonds. The second-order valence-corrected chi connectivity index (χ2v) is 5.75. The van der Waals surface area contributed by atoms with Crippen molar-refractivity contribution in [2.75, 3.05) is 25.6 Å². The molecule has 0 radical (unpaired) electrons. The molecule has 1 aliphatic heterocycles. The maximum Gasteiger partial charge on any atom is 0.387 e. The van der Waals surface area contributed by atoms with Crippen molar-refractivity contribution in [3.63, 3.8) is 0 Å². The molecule has 6 nitrogen and oxygen atoms in total. The number of fused-ring (bicyclic) bond motifs is 1. The van der Waals surface area contributed by atoms with Gasteiger partial charge in [-0.25, -0.2) is 0 Å². The Kier molecular flexibility index (Phi) is 6.30. The summed E-state index contributed by atoms with van der Waals surface area (Å²) >= 11 is 0. The summed E-state index contributed by atoms with van der Waals surface area (Å²) in [7, 11) is 1.62. The van der Waals surface area contributed by atoms with Crippen LogP contribution < -0.4 is 24.8 Å². The zero-order valence-electron chi connectivity index (χ0n) is 14.9. The largest absolute Gasteiger partial charge is 0.490 e. The quantitative estimate of drug-likeness (QED) is 0.615. The van der Waals surface area contributed by atoms with Crippen molar-refractivity contribution in [1.82, 2.24) is 5.32 Å². The Balaban J connectivity index is 1.65. The molecular formula is C19H21F2N3O3. The topological polar surface area (TPSA) is 64.1 Å². The van der Waals surface area contributed by atoms with Crippen LogP contribution in [0.3, 0.4) is 0 Å². The fraction of sp³-hybridized carbons (Fsp3) is 0.316. The first-order valence-corrected chi connectivity index (χ1v) is 8.56. The van der Waals surface area contributed by atoms with Gasteiger partial charge in [-0.05, 0) is 18.2 Å². The average Bonchev–Trinajstić information content (AvgIpc) is 2.90. The van der Waals surface area contributed by atoms with Gasteiger partial charge in [-0.3, -0.25) is 4.99 Å². The van der Waals surface area contributed by atoms with E-state index in [4.69, 9.17) is 9.47 Å². The molecule has 8 heteroatoms. The number of ether oxygens (including phenoxy) is 3. The van der Waals surface area contributed by atoms with Crippen LogP contribution in [-0.2, 0) is 6.54 Å². The van der Waals surface area contributed by atoms with Gasteiger partial charge in [-0.1, -0.05) is 18.2 Å². The molecule has 0 unspecified atom stereocenters. The standard InChI is InChI=1S/C19H21F2N3O3/c1-22-19(23-12-13-5-2-3-6-15(13)27-18(20)21)24-14-7-8-16-17(11-14)26-10-4-9-25-16/h2-3,5-8,11,18H,4,9-10,12H2,1H3,(H2,22,23,24). The Hall–Kier alpha value is -3.03. The monoisotopic (exact) mass is 377 g/mol. The van der Waals surface area contributed by atoms with E-state index in [2.05, 4.69) is 20.4 Å². The molecule has 1 heterocycles. The van der Waals surface area contributed by atoms with Gasteiger partial charge in [0.2, 0.25) is 0 Å². The molecule has 0 spiro atoms. The third-order valence-electron chi connectivity index (χ3n) is 3.87. The molecule has 2 aromatic rings. The Morgan fingerprint density at radius 1 is 1.15 bits per heavy atom. The van der Waals surface area contributed by atoms with Gasteiger partial charge in [-0.15, -0.1) is 0 Å². The van der Waals surface area contributed by atoms with Gasteiger partial charge in [0.05, 0.1) is 13.2 Å². The normalized spacial score (nSPS) is 13.9. The lowest BCUT2D eigenvalue weighted by molar-refractivity contribution is -0.0504. The molecule has 2 N–H and O–H groups in total. The lowest BCUT2D eigenvalue weighted by Gasteiger charge is -2.15. The average molecular weight is 377 g/mol. The Morgan fingerprint density at radius 3 is 2.70 bits per heavy atom. The molecule has 27 heavy (non-hydrogen) atoms. The van der Waals surface area contributed by atoms with Gasteiger partial charge >= 0.3 is 6.61 Å². The third kappa shape index (κ3) is 5.22. The summed E-state index contributed by atoms with van der Waals surface area (Å²) in [5, 5.41) is 6.23. The Labute approximate surface area is 156 Å². The van der Waals surface area contributed by atoms with Gasteiger partial charge in [0.1, 0.15) is 5.75 Å². The van der Waals surface area contributed by atoms with Crippen molar-refractivity contribution in [2.24, 2.45) is 4.99 Å². The number of benzene rings is 2. The van der Waals surface area contributed by atoms with E-state index in [1.54, 1.807) is 25.2 Å². The van der Waals surface area contributed by atoms with E-state index in [9.17, 15) is 8.78 Å². The highest BCUT2D eigenvalue weighted by Crippen LogP contribution is 2.32. The SMILES string of the molecule is CN=C(NCc1ccccc1OC(F)F)Nc1ccc2c(c1)OCCCO2. The maximum atomic E-state index is 12.5. The van der Waals surface area contributed by atoms with E-state index < -0.39 is 6.61 Å². The number of aliphatic imine (C=N–C) groups is 1. The number of hydrogen-bond acceptors (Lipinski definition) is 4. The predicted molar refractivity (Wildman–Crippen MR) is 98.9 cm³/mol. The molecule has 0 saturated heterocycles. The van der Waals surface area contributed by atoms with Crippen molar-refractivity contribution in [1.29, 1.82) is 0 Å². The van der Waals surface area contributed by atoms with Crippen LogP contribution in [0.2, 0.25) is 0 Å². The van der Waals surface area contributed by atoms with Crippen LogP contribution in [0, 0.1) is 0 Å². The summed E-state index contributed by atoms with van der Waals surface area (Å²) in [5.74, 6) is 1.99. The van der Waals surface area contributed by atoms with E-state index >= 15 is 0 Å². The van der Waals surface area contributed by atoms with E-state index in [0.29, 0.717) is 36.2 Å². The van der Waals surface area contributed by atoms with E-state index in [-0.39, 0.29) is 12.3 Å². The number of anilines is 1. The first-order chi connectivity index (χ1) is 13.2. The Morgan fingerprint density at radius 2 is 1.93 bits per heavy atom. The molecule has 0 atom stereocenters. The minimum Gasteiger partial charge on any atom is -0.490 e. The Bertz CT molecular complexity index is 800. The molecule has 3 rings (SSSR count). The summed E-state index contributed by atoms with van der Waals surface area (Å²) in [6.45, 7) is -1.37. The highest BCUT2D eigenvalue weighted by molar-refractivity contribution is 5.93. The minimum atomic E-state index is -2.87. The van der Waals surface area contributed by atoms with Crippen LogP contribution in [0.5, 0.6) is 17.2 Å². The number of nitrogens with one attached hydrogen (secondary N) is 2. The fourth-order valence-electron chi connectivity index (χ4n) is 2.60. The number of rotatable bonds is 5.